The summed E-state index contributed by atoms with van der Waals surface area (Å²) in [5, 5.41) is 3.38. The molecule has 1 saturated heterocycles. The Morgan fingerprint density at radius 3 is 2.28 bits per heavy atom. The molecule has 170 valence electrons. The number of nitrogens with one attached hydrogen (secondary N) is 1. The highest BCUT2D eigenvalue weighted by atomic mass is 127. The summed E-state index contributed by atoms with van der Waals surface area (Å²) in [6.07, 6.45) is 6.30. The number of halogens is 1. The summed E-state index contributed by atoms with van der Waals surface area (Å²) in [4.78, 5) is 24.0. The zero-order valence-corrected chi connectivity index (χ0v) is 21.2. The molecule has 1 amide bonds. The molecule has 0 atom stereocenters. The van der Waals surface area contributed by atoms with Crippen LogP contribution in [0.3, 0.4) is 0 Å². The van der Waals surface area contributed by atoms with Crippen LogP contribution in [0.15, 0.2) is 4.99 Å². The molecule has 0 bridgehead atoms. The van der Waals surface area contributed by atoms with E-state index in [1.165, 1.54) is 32.1 Å². The van der Waals surface area contributed by atoms with Crippen LogP contribution in [0.2, 0.25) is 0 Å². The molecular formula is C21H42IN5O2. The molecule has 7 nitrogen and oxygen atoms in total. The largest absolute Gasteiger partial charge is 0.379 e. The number of carbonyl (C=O) groups excluding carboxylic acids is 1. The van der Waals surface area contributed by atoms with E-state index in [-0.39, 0.29) is 35.4 Å². The van der Waals surface area contributed by atoms with Gasteiger partial charge in [-0.25, -0.2) is 0 Å². The van der Waals surface area contributed by atoms with Gasteiger partial charge in [-0.1, -0.05) is 19.3 Å². The molecular weight excluding hydrogens is 481 g/mol. The van der Waals surface area contributed by atoms with Crippen LogP contribution in [0.4, 0.5) is 0 Å². The first-order chi connectivity index (χ1) is 13.6. The highest BCUT2D eigenvalue weighted by Crippen LogP contribution is 2.34. The molecule has 0 spiro atoms. The number of ether oxygens (including phenoxy) is 1. The molecule has 1 saturated carbocycles. The molecule has 0 radical (unpaired) electrons. The Hall–Kier alpha value is -0.610. The van der Waals surface area contributed by atoms with E-state index in [0.29, 0.717) is 6.54 Å². The molecule has 0 aromatic rings. The lowest BCUT2D eigenvalue weighted by molar-refractivity contribution is -0.131. The van der Waals surface area contributed by atoms with Crippen LogP contribution >= 0.6 is 24.0 Å². The SMILES string of the molecule is CCNC(=NCC1(N2CCOCC2)CCCCC1)N(C)CC(=O)N(CC)CC.I. The Morgan fingerprint density at radius 1 is 1.10 bits per heavy atom. The van der Waals surface area contributed by atoms with Crippen molar-refractivity contribution in [2.75, 3.05) is 66.1 Å². The van der Waals surface area contributed by atoms with E-state index in [9.17, 15) is 4.79 Å². The summed E-state index contributed by atoms with van der Waals surface area (Å²) in [7, 11) is 1.96. The number of morpholine rings is 1. The zero-order chi connectivity index (χ0) is 20.4. The zero-order valence-electron chi connectivity index (χ0n) is 18.9. The quantitative estimate of drug-likeness (QED) is 0.301. The molecule has 1 aliphatic carbocycles. The van der Waals surface area contributed by atoms with Crippen molar-refractivity contribution in [3.63, 3.8) is 0 Å². The third-order valence-electron chi connectivity index (χ3n) is 6.17. The number of aliphatic imine (C=N–C) groups is 1. The van der Waals surface area contributed by atoms with Gasteiger partial charge in [0.2, 0.25) is 5.91 Å². The second-order valence-electron chi connectivity index (χ2n) is 7.98. The molecule has 8 heteroatoms. The van der Waals surface area contributed by atoms with Crippen molar-refractivity contribution in [1.82, 2.24) is 20.0 Å². The van der Waals surface area contributed by atoms with Crippen molar-refractivity contribution in [3.05, 3.63) is 0 Å². The Kier molecular flexibility index (Phi) is 12.4. The average molecular weight is 524 g/mol. The first-order valence-electron chi connectivity index (χ1n) is 11.2. The normalized spacial score (nSPS) is 19.9. The summed E-state index contributed by atoms with van der Waals surface area (Å²) in [5.41, 5.74) is 0.145. The number of guanidine groups is 1. The molecule has 1 heterocycles. The number of nitrogens with zero attached hydrogens (tertiary/aromatic N) is 4. The third kappa shape index (κ3) is 7.54. The average Bonchev–Trinajstić information content (AvgIpc) is 2.73. The lowest BCUT2D eigenvalue weighted by Gasteiger charge is -2.47. The van der Waals surface area contributed by atoms with Crippen LogP contribution in [-0.2, 0) is 9.53 Å². The number of likely N-dealkylation sites (N-methyl/N-ethyl adjacent to an activating group) is 2. The second-order valence-corrected chi connectivity index (χ2v) is 7.98. The molecule has 1 aliphatic heterocycles. The van der Waals surface area contributed by atoms with Gasteiger partial charge >= 0.3 is 0 Å². The first-order valence-corrected chi connectivity index (χ1v) is 11.2. The number of rotatable bonds is 8. The summed E-state index contributed by atoms with van der Waals surface area (Å²) < 4.78 is 5.59. The summed E-state index contributed by atoms with van der Waals surface area (Å²) in [6, 6.07) is 0. The highest BCUT2D eigenvalue weighted by molar-refractivity contribution is 14.0. The smallest absolute Gasteiger partial charge is 0.242 e. The number of amides is 1. The molecule has 0 unspecified atom stereocenters. The van der Waals surface area contributed by atoms with Gasteiger partial charge in [0.05, 0.1) is 26.3 Å². The van der Waals surface area contributed by atoms with E-state index in [2.05, 4.69) is 17.1 Å². The van der Waals surface area contributed by atoms with Crippen LogP contribution < -0.4 is 5.32 Å². The van der Waals surface area contributed by atoms with E-state index >= 15 is 0 Å². The minimum atomic E-state index is 0. The van der Waals surface area contributed by atoms with Gasteiger partial charge in [0.25, 0.3) is 0 Å². The lowest BCUT2D eigenvalue weighted by atomic mass is 9.80. The fraction of sp³-hybridized carbons (Fsp3) is 0.905. The fourth-order valence-corrected chi connectivity index (χ4v) is 4.47. The van der Waals surface area contributed by atoms with Crippen LogP contribution in [0, 0.1) is 0 Å². The summed E-state index contributed by atoms with van der Waals surface area (Å²) in [5.74, 6) is 0.986. The Balaban J connectivity index is 0.00000420. The van der Waals surface area contributed by atoms with E-state index in [4.69, 9.17) is 9.73 Å². The molecule has 2 fully saturated rings. The van der Waals surface area contributed by atoms with Crippen LogP contribution in [0.5, 0.6) is 0 Å². The van der Waals surface area contributed by atoms with Gasteiger partial charge in [-0.2, -0.15) is 0 Å². The van der Waals surface area contributed by atoms with Gasteiger partial charge in [-0.15, -0.1) is 24.0 Å². The Bertz CT molecular complexity index is 501. The van der Waals surface area contributed by atoms with E-state index in [1.807, 2.05) is 30.7 Å². The molecule has 2 rings (SSSR count). The fourth-order valence-electron chi connectivity index (χ4n) is 4.47. The standard InChI is InChI=1S/C21H41N5O2.HI/c1-5-22-20(24(4)17-19(27)25(6-2)7-3)23-18-21(11-9-8-10-12-21)26-13-15-28-16-14-26;/h5-18H2,1-4H3,(H,22,23);1H. The van der Waals surface area contributed by atoms with Crippen molar-refractivity contribution >= 4 is 35.8 Å². The van der Waals surface area contributed by atoms with Crippen LogP contribution in [-0.4, -0.2) is 98.2 Å². The van der Waals surface area contributed by atoms with Crippen molar-refractivity contribution in [2.45, 2.75) is 58.4 Å². The monoisotopic (exact) mass is 523 g/mol. The predicted molar refractivity (Wildman–Crippen MR) is 130 cm³/mol. The first kappa shape index (κ1) is 26.4. The van der Waals surface area contributed by atoms with Gasteiger partial charge in [0.1, 0.15) is 0 Å². The van der Waals surface area contributed by atoms with Gasteiger partial charge in [0.15, 0.2) is 5.96 Å². The molecule has 2 aliphatic rings. The maximum atomic E-state index is 12.5. The second kappa shape index (κ2) is 13.6. The highest BCUT2D eigenvalue weighted by Gasteiger charge is 2.38. The van der Waals surface area contributed by atoms with E-state index in [0.717, 1.165) is 58.4 Å². The predicted octanol–water partition coefficient (Wildman–Crippen LogP) is 2.41. The Morgan fingerprint density at radius 2 is 1.72 bits per heavy atom. The molecule has 1 N–H and O–H groups in total. The van der Waals surface area contributed by atoms with Crippen molar-refractivity contribution in [1.29, 1.82) is 0 Å². The minimum Gasteiger partial charge on any atom is -0.379 e. The number of hydrogen-bond donors (Lipinski definition) is 1. The van der Waals surface area contributed by atoms with Crippen molar-refractivity contribution in [3.8, 4) is 0 Å². The number of carbonyl (C=O) groups is 1. The molecule has 29 heavy (non-hydrogen) atoms. The summed E-state index contributed by atoms with van der Waals surface area (Å²) >= 11 is 0. The van der Waals surface area contributed by atoms with Gasteiger partial charge in [0, 0.05) is 45.3 Å². The number of hydrogen-bond acceptors (Lipinski definition) is 4. The maximum Gasteiger partial charge on any atom is 0.242 e. The minimum absolute atomic E-state index is 0. The lowest BCUT2D eigenvalue weighted by Crippen LogP contribution is -2.56. The van der Waals surface area contributed by atoms with E-state index in [1.54, 1.807) is 0 Å². The van der Waals surface area contributed by atoms with Crippen molar-refractivity contribution in [2.24, 2.45) is 4.99 Å². The maximum absolute atomic E-state index is 12.5. The third-order valence-corrected chi connectivity index (χ3v) is 6.17. The van der Waals surface area contributed by atoms with E-state index < -0.39 is 0 Å². The molecule has 0 aromatic heterocycles. The summed E-state index contributed by atoms with van der Waals surface area (Å²) in [6.45, 7) is 13.2. The van der Waals surface area contributed by atoms with Gasteiger partial charge in [-0.3, -0.25) is 14.7 Å². The van der Waals surface area contributed by atoms with Gasteiger partial charge < -0.3 is 19.9 Å². The molecule has 0 aromatic carbocycles. The van der Waals surface area contributed by atoms with Crippen molar-refractivity contribution < 1.29 is 9.53 Å². The van der Waals surface area contributed by atoms with Crippen LogP contribution in [0.25, 0.3) is 0 Å². The topological polar surface area (TPSA) is 60.4 Å². The van der Waals surface area contributed by atoms with Gasteiger partial charge in [-0.05, 0) is 33.6 Å². The Labute approximate surface area is 194 Å². The van der Waals surface area contributed by atoms with Crippen LogP contribution in [0.1, 0.15) is 52.9 Å².